The van der Waals surface area contributed by atoms with Gasteiger partial charge in [0.25, 0.3) is 0 Å². The van der Waals surface area contributed by atoms with Crippen LogP contribution in [0, 0.1) is 18.8 Å². The van der Waals surface area contributed by atoms with Crippen molar-refractivity contribution in [3.05, 3.63) is 28.2 Å². The van der Waals surface area contributed by atoms with Crippen molar-refractivity contribution in [2.75, 3.05) is 38.0 Å². The van der Waals surface area contributed by atoms with Crippen LogP contribution in [0.3, 0.4) is 0 Å². The van der Waals surface area contributed by atoms with E-state index in [1.807, 2.05) is 30.0 Å². The molecular weight excluding hydrogens is 378 g/mol. The van der Waals surface area contributed by atoms with Gasteiger partial charge in [-0.25, -0.2) is 4.79 Å². The first-order chi connectivity index (χ1) is 12.0. The number of halogens is 1. The Morgan fingerprint density at radius 2 is 1.84 bits per heavy atom. The largest absolute Gasteiger partial charge is 0.325 e. The molecule has 0 saturated carbocycles. The van der Waals surface area contributed by atoms with E-state index in [2.05, 4.69) is 33.1 Å². The lowest BCUT2D eigenvalue weighted by molar-refractivity contribution is 0.130. The molecule has 2 heterocycles. The van der Waals surface area contributed by atoms with Crippen molar-refractivity contribution in [1.82, 2.24) is 9.80 Å². The van der Waals surface area contributed by atoms with Crippen LogP contribution < -0.4 is 5.32 Å². The topological polar surface area (TPSA) is 35.6 Å². The Hall–Kier alpha value is -1.07. The fourth-order valence-electron chi connectivity index (χ4n) is 3.85. The van der Waals surface area contributed by atoms with Gasteiger partial charge in [0, 0.05) is 29.8 Å². The molecule has 4 nitrogen and oxygen atoms in total. The molecule has 0 bridgehead atoms. The van der Waals surface area contributed by atoms with Crippen molar-refractivity contribution in [1.29, 1.82) is 0 Å². The zero-order valence-corrected chi connectivity index (χ0v) is 17.0. The van der Waals surface area contributed by atoms with Crippen molar-refractivity contribution >= 4 is 27.6 Å². The van der Waals surface area contributed by atoms with Crippen LogP contribution in [0.4, 0.5) is 10.5 Å². The molecule has 2 saturated heterocycles. The summed E-state index contributed by atoms with van der Waals surface area (Å²) >= 11 is 3.50. The summed E-state index contributed by atoms with van der Waals surface area (Å²) in [6, 6.07) is 5.97. The Morgan fingerprint density at radius 1 is 1.16 bits per heavy atom. The highest BCUT2D eigenvalue weighted by atomic mass is 79.9. The molecule has 25 heavy (non-hydrogen) atoms. The Labute approximate surface area is 160 Å². The summed E-state index contributed by atoms with van der Waals surface area (Å²) in [4.78, 5) is 17.1. The highest BCUT2D eigenvalue weighted by molar-refractivity contribution is 9.10. The predicted molar refractivity (Wildman–Crippen MR) is 107 cm³/mol. The van der Waals surface area contributed by atoms with Crippen LogP contribution in [0.15, 0.2) is 22.7 Å². The fraction of sp³-hybridized carbons (Fsp3) is 0.650. The zero-order chi connectivity index (χ0) is 17.8. The number of rotatable bonds is 3. The summed E-state index contributed by atoms with van der Waals surface area (Å²) < 4.78 is 1.07. The van der Waals surface area contributed by atoms with Gasteiger partial charge in [-0.05, 0) is 81.3 Å². The Kier molecular flexibility index (Phi) is 6.39. The van der Waals surface area contributed by atoms with Gasteiger partial charge in [-0.2, -0.15) is 0 Å². The van der Waals surface area contributed by atoms with Gasteiger partial charge in [-0.3, -0.25) is 0 Å². The number of piperidine rings is 2. The number of benzene rings is 1. The third kappa shape index (κ3) is 5.20. The second-order valence-electron chi connectivity index (χ2n) is 7.81. The summed E-state index contributed by atoms with van der Waals surface area (Å²) in [5, 5.41) is 3.04. The van der Waals surface area contributed by atoms with Gasteiger partial charge in [0.1, 0.15) is 0 Å². The van der Waals surface area contributed by atoms with Gasteiger partial charge < -0.3 is 15.1 Å². The van der Waals surface area contributed by atoms with E-state index < -0.39 is 0 Å². The van der Waals surface area contributed by atoms with E-state index in [0.717, 1.165) is 53.5 Å². The Morgan fingerprint density at radius 3 is 2.48 bits per heavy atom. The molecule has 0 aliphatic carbocycles. The number of anilines is 1. The van der Waals surface area contributed by atoms with Crippen LogP contribution in [0.1, 0.15) is 38.2 Å². The molecule has 1 aromatic carbocycles. The van der Waals surface area contributed by atoms with E-state index in [0.29, 0.717) is 0 Å². The minimum atomic E-state index is 0.0342. The van der Waals surface area contributed by atoms with E-state index in [4.69, 9.17) is 0 Å². The Bertz CT molecular complexity index is 591. The second kappa shape index (κ2) is 8.54. The maximum absolute atomic E-state index is 12.5. The minimum Gasteiger partial charge on any atom is -0.325 e. The number of nitrogens with zero attached hydrogens (tertiary/aromatic N) is 2. The summed E-state index contributed by atoms with van der Waals surface area (Å²) in [7, 11) is 0. The van der Waals surface area contributed by atoms with E-state index in [9.17, 15) is 4.79 Å². The summed E-state index contributed by atoms with van der Waals surface area (Å²) in [6.45, 7) is 9.87. The van der Waals surface area contributed by atoms with Crippen LogP contribution in [-0.4, -0.2) is 48.6 Å². The van der Waals surface area contributed by atoms with E-state index in [-0.39, 0.29) is 6.03 Å². The smallest absolute Gasteiger partial charge is 0.321 e. The first-order valence-corrected chi connectivity index (χ1v) is 10.3. The first kappa shape index (κ1) is 18.7. The van der Waals surface area contributed by atoms with Crippen molar-refractivity contribution in [2.45, 2.75) is 39.5 Å². The molecule has 0 aromatic heterocycles. The third-order valence-corrected chi connectivity index (χ3v) is 6.59. The molecule has 3 rings (SSSR count). The van der Waals surface area contributed by atoms with Crippen LogP contribution in [0.2, 0.25) is 0 Å². The third-order valence-electron chi connectivity index (χ3n) is 5.70. The lowest BCUT2D eigenvalue weighted by Gasteiger charge is -2.37. The van der Waals surface area contributed by atoms with Gasteiger partial charge >= 0.3 is 6.03 Å². The van der Waals surface area contributed by atoms with Gasteiger partial charge in [0.05, 0.1) is 0 Å². The molecule has 2 aliphatic rings. The van der Waals surface area contributed by atoms with Gasteiger partial charge in [0.2, 0.25) is 0 Å². The van der Waals surface area contributed by atoms with Crippen LogP contribution >= 0.6 is 15.9 Å². The molecule has 5 heteroatoms. The molecule has 2 fully saturated rings. The molecule has 2 aliphatic heterocycles. The lowest BCUT2D eigenvalue weighted by atomic mass is 9.93. The number of aryl methyl sites for hydroxylation is 1. The monoisotopic (exact) mass is 407 g/mol. The summed E-state index contributed by atoms with van der Waals surface area (Å²) in [5.41, 5.74) is 2.00. The molecule has 0 radical (unpaired) electrons. The number of carbonyl (C=O) groups is 1. The molecule has 0 atom stereocenters. The average Bonchev–Trinajstić information content (AvgIpc) is 2.61. The lowest BCUT2D eigenvalue weighted by Crippen LogP contribution is -2.44. The van der Waals surface area contributed by atoms with Crippen molar-refractivity contribution in [3.63, 3.8) is 0 Å². The van der Waals surface area contributed by atoms with E-state index >= 15 is 0 Å². The number of carbonyl (C=O) groups excluding carboxylic acids is 1. The molecule has 1 aromatic rings. The number of likely N-dealkylation sites (tertiary alicyclic amines) is 2. The number of amides is 2. The Balaban J connectivity index is 1.43. The average molecular weight is 408 g/mol. The highest BCUT2D eigenvalue weighted by Crippen LogP contribution is 2.24. The SMILES string of the molecule is Cc1cc(NC(=O)N2CCC(CN3CCC(C)CC3)CC2)ccc1Br. The van der Waals surface area contributed by atoms with Crippen molar-refractivity contribution in [2.24, 2.45) is 11.8 Å². The van der Waals surface area contributed by atoms with Gasteiger partial charge in [-0.15, -0.1) is 0 Å². The number of nitrogens with one attached hydrogen (secondary N) is 1. The quantitative estimate of drug-likeness (QED) is 0.785. The fourth-order valence-corrected chi connectivity index (χ4v) is 4.10. The summed E-state index contributed by atoms with van der Waals surface area (Å²) in [5.74, 6) is 1.64. The second-order valence-corrected chi connectivity index (χ2v) is 8.66. The maximum Gasteiger partial charge on any atom is 0.321 e. The van der Waals surface area contributed by atoms with Crippen molar-refractivity contribution < 1.29 is 4.79 Å². The molecule has 138 valence electrons. The van der Waals surface area contributed by atoms with Crippen LogP contribution in [-0.2, 0) is 0 Å². The molecule has 0 spiro atoms. The maximum atomic E-state index is 12.5. The van der Waals surface area contributed by atoms with Gasteiger partial charge in [0.15, 0.2) is 0 Å². The first-order valence-electron chi connectivity index (χ1n) is 9.55. The van der Waals surface area contributed by atoms with Crippen LogP contribution in [0.5, 0.6) is 0 Å². The molecule has 0 unspecified atom stereocenters. The molecule has 1 N–H and O–H groups in total. The predicted octanol–water partition coefficient (Wildman–Crippen LogP) is 4.73. The zero-order valence-electron chi connectivity index (χ0n) is 15.4. The van der Waals surface area contributed by atoms with Crippen LogP contribution in [0.25, 0.3) is 0 Å². The van der Waals surface area contributed by atoms with Crippen molar-refractivity contribution in [3.8, 4) is 0 Å². The molecule has 2 amide bonds. The minimum absolute atomic E-state index is 0.0342. The number of hydrogen-bond acceptors (Lipinski definition) is 2. The molecular formula is C20H30BrN3O. The normalized spacial score (nSPS) is 20.7. The highest BCUT2D eigenvalue weighted by Gasteiger charge is 2.25. The standard InChI is InChI=1S/C20H30BrN3O/c1-15-5-9-23(10-6-15)14-17-7-11-24(12-8-17)20(25)22-18-3-4-19(21)16(2)13-18/h3-4,13,15,17H,5-12,14H2,1-2H3,(H,22,25). The summed E-state index contributed by atoms with van der Waals surface area (Å²) in [6.07, 6.45) is 4.93. The van der Waals surface area contributed by atoms with Gasteiger partial charge in [-0.1, -0.05) is 22.9 Å². The van der Waals surface area contributed by atoms with E-state index in [1.165, 1.54) is 32.5 Å². The number of urea groups is 1. The number of hydrogen-bond donors (Lipinski definition) is 1. The van der Waals surface area contributed by atoms with E-state index in [1.54, 1.807) is 0 Å².